The zero-order valence-electron chi connectivity index (χ0n) is 11.6. The van der Waals surface area contributed by atoms with Crippen LogP contribution in [-0.2, 0) is 17.6 Å². The second-order valence-corrected chi connectivity index (χ2v) is 6.32. The molecule has 0 amide bonds. The Hall–Kier alpha value is -1.69. The number of aromatic nitrogens is 2. The Morgan fingerprint density at radius 3 is 2.85 bits per heavy atom. The van der Waals surface area contributed by atoms with Crippen LogP contribution in [0.15, 0.2) is 0 Å². The van der Waals surface area contributed by atoms with Crippen molar-refractivity contribution < 1.29 is 9.90 Å². The number of aliphatic carboxylic acids is 1. The van der Waals surface area contributed by atoms with E-state index < -0.39 is 5.97 Å². The van der Waals surface area contributed by atoms with Crippen LogP contribution in [0.3, 0.4) is 0 Å². The van der Waals surface area contributed by atoms with Crippen molar-refractivity contribution in [2.45, 2.75) is 32.6 Å². The van der Waals surface area contributed by atoms with E-state index in [1.807, 2.05) is 6.92 Å². The summed E-state index contributed by atoms with van der Waals surface area (Å²) in [6.45, 7) is 1.81. The molecule has 0 aromatic carbocycles. The van der Waals surface area contributed by atoms with Crippen molar-refractivity contribution in [1.29, 1.82) is 0 Å². The van der Waals surface area contributed by atoms with Crippen molar-refractivity contribution in [2.75, 3.05) is 18.5 Å². The Morgan fingerprint density at radius 2 is 2.10 bits per heavy atom. The van der Waals surface area contributed by atoms with Gasteiger partial charge in [0.25, 0.3) is 0 Å². The highest BCUT2D eigenvalue weighted by Gasteiger charge is 2.22. The fourth-order valence-corrected chi connectivity index (χ4v) is 4.10. The average Bonchev–Trinajstić information content (AvgIpc) is 2.74. The molecule has 0 bridgehead atoms. The lowest BCUT2D eigenvalue weighted by Gasteiger charge is -2.18. The van der Waals surface area contributed by atoms with Crippen LogP contribution in [0.5, 0.6) is 0 Å². The summed E-state index contributed by atoms with van der Waals surface area (Å²) < 4.78 is 0. The Labute approximate surface area is 121 Å². The molecule has 3 rings (SSSR count). The molecular formula is C14H17N3O2S. The zero-order valence-corrected chi connectivity index (χ0v) is 12.5. The highest BCUT2D eigenvalue weighted by atomic mass is 32.1. The van der Waals surface area contributed by atoms with Crippen LogP contribution >= 0.6 is 11.3 Å². The van der Waals surface area contributed by atoms with Gasteiger partial charge in [-0.3, -0.25) is 4.79 Å². The lowest BCUT2D eigenvalue weighted by molar-refractivity contribution is -0.135. The van der Waals surface area contributed by atoms with Crippen LogP contribution in [0.2, 0.25) is 0 Å². The molecule has 1 N–H and O–H groups in total. The molecule has 0 aliphatic heterocycles. The summed E-state index contributed by atoms with van der Waals surface area (Å²) in [5.41, 5.74) is 1.34. The molecule has 1 aliphatic carbocycles. The van der Waals surface area contributed by atoms with Gasteiger partial charge in [-0.2, -0.15) is 0 Å². The molecule has 0 unspecified atom stereocenters. The summed E-state index contributed by atoms with van der Waals surface area (Å²) in [5, 5.41) is 10.1. The molecule has 2 aromatic rings. The summed E-state index contributed by atoms with van der Waals surface area (Å²) >= 11 is 1.74. The molecule has 2 heterocycles. The summed E-state index contributed by atoms with van der Waals surface area (Å²) in [7, 11) is 1.78. The number of fused-ring (bicyclic) bond motifs is 3. The van der Waals surface area contributed by atoms with Gasteiger partial charge in [-0.1, -0.05) is 0 Å². The summed E-state index contributed by atoms with van der Waals surface area (Å²) in [6, 6.07) is 0. The predicted molar refractivity (Wildman–Crippen MR) is 79.7 cm³/mol. The number of hydrogen-bond donors (Lipinski definition) is 1. The van der Waals surface area contributed by atoms with Gasteiger partial charge in [-0.15, -0.1) is 11.3 Å². The van der Waals surface area contributed by atoms with Crippen LogP contribution in [0.25, 0.3) is 10.2 Å². The minimum atomic E-state index is -0.846. The average molecular weight is 291 g/mol. The SMILES string of the molecule is Cc1nc(N(C)CC(=O)O)c2c3c(sc2n1)CCCC3. The van der Waals surface area contributed by atoms with E-state index in [0.29, 0.717) is 5.82 Å². The predicted octanol–water partition coefficient (Wildman–Crippen LogP) is 2.40. The topological polar surface area (TPSA) is 66.3 Å². The first-order chi connectivity index (χ1) is 9.56. The fourth-order valence-electron chi connectivity index (χ4n) is 2.80. The Morgan fingerprint density at radius 1 is 1.35 bits per heavy atom. The molecule has 106 valence electrons. The quantitative estimate of drug-likeness (QED) is 0.940. The monoisotopic (exact) mass is 291 g/mol. The summed E-state index contributed by atoms with van der Waals surface area (Å²) in [6.07, 6.45) is 4.58. The lowest BCUT2D eigenvalue weighted by atomic mass is 9.97. The van der Waals surface area contributed by atoms with E-state index in [2.05, 4.69) is 9.97 Å². The van der Waals surface area contributed by atoms with Crippen LogP contribution in [0.4, 0.5) is 5.82 Å². The van der Waals surface area contributed by atoms with Gasteiger partial charge in [-0.05, 0) is 38.2 Å². The number of anilines is 1. The number of carboxylic acid groups (broad SMARTS) is 1. The smallest absolute Gasteiger partial charge is 0.323 e. The molecule has 6 heteroatoms. The number of likely N-dealkylation sites (N-methyl/N-ethyl adjacent to an activating group) is 1. The van der Waals surface area contributed by atoms with Gasteiger partial charge in [0.05, 0.1) is 5.39 Å². The molecule has 0 saturated carbocycles. The van der Waals surface area contributed by atoms with E-state index >= 15 is 0 Å². The standard InChI is InChI=1S/C14H17N3O2S/c1-8-15-13(17(2)7-11(18)19)12-9-5-3-4-6-10(9)20-14(12)16-8/h3-7H2,1-2H3,(H,18,19). The molecule has 2 aromatic heterocycles. The zero-order chi connectivity index (χ0) is 14.3. The number of carboxylic acids is 1. The molecule has 0 fully saturated rings. The van der Waals surface area contributed by atoms with Gasteiger partial charge in [0, 0.05) is 11.9 Å². The number of hydrogen-bond acceptors (Lipinski definition) is 5. The van der Waals surface area contributed by atoms with Crippen molar-refractivity contribution >= 4 is 33.3 Å². The van der Waals surface area contributed by atoms with E-state index in [0.717, 1.165) is 28.9 Å². The van der Waals surface area contributed by atoms with Gasteiger partial charge < -0.3 is 10.0 Å². The minimum Gasteiger partial charge on any atom is -0.480 e. The molecule has 0 saturated heterocycles. The third kappa shape index (κ3) is 2.24. The third-order valence-electron chi connectivity index (χ3n) is 3.64. The molecule has 0 atom stereocenters. The molecule has 0 radical (unpaired) electrons. The van der Waals surface area contributed by atoms with Gasteiger partial charge in [0.15, 0.2) is 0 Å². The van der Waals surface area contributed by atoms with Gasteiger partial charge in [-0.25, -0.2) is 9.97 Å². The van der Waals surface area contributed by atoms with E-state index in [1.165, 1.54) is 23.3 Å². The second-order valence-electron chi connectivity index (χ2n) is 5.24. The molecule has 5 nitrogen and oxygen atoms in total. The third-order valence-corrected chi connectivity index (χ3v) is 4.83. The maximum absolute atomic E-state index is 10.9. The molecule has 1 aliphatic rings. The maximum Gasteiger partial charge on any atom is 0.323 e. The van der Waals surface area contributed by atoms with Crippen LogP contribution < -0.4 is 4.90 Å². The Balaban J connectivity index is 2.19. The van der Waals surface area contributed by atoms with Crippen LogP contribution in [0, 0.1) is 6.92 Å². The summed E-state index contributed by atoms with van der Waals surface area (Å²) in [5.74, 6) is 0.610. The van der Waals surface area contributed by atoms with Crippen LogP contribution in [0.1, 0.15) is 29.1 Å². The molecular weight excluding hydrogens is 274 g/mol. The van der Waals surface area contributed by atoms with E-state index in [-0.39, 0.29) is 6.54 Å². The molecule has 20 heavy (non-hydrogen) atoms. The first kappa shape index (κ1) is 13.3. The lowest BCUT2D eigenvalue weighted by Crippen LogP contribution is -2.26. The number of rotatable bonds is 3. The van der Waals surface area contributed by atoms with Crippen molar-refractivity contribution in [3.63, 3.8) is 0 Å². The molecule has 0 spiro atoms. The van der Waals surface area contributed by atoms with Crippen molar-refractivity contribution in [2.24, 2.45) is 0 Å². The Kier molecular flexibility index (Phi) is 3.33. The van der Waals surface area contributed by atoms with Crippen molar-refractivity contribution in [3.8, 4) is 0 Å². The van der Waals surface area contributed by atoms with Crippen LogP contribution in [-0.4, -0.2) is 34.6 Å². The Bertz CT molecular complexity index is 681. The number of carbonyl (C=O) groups is 1. The first-order valence-corrected chi connectivity index (χ1v) is 7.59. The number of nitrogens with zero attached hydrogens (tertiary/aromatic N) is 3. The van der Waals surface area contributed by atoms with Crippen molar-refractivity contribution in [3.05, 3.63) is 16.3 Å². The maximum atomic E-state index is 10.9. The minimum absolute atomic E-state index is 0.0455. The summed E-state index contributed by atoms with van der Waals surface area (Å²) in [4.78, 5) is 24.1. The van der Waals surface area contributed by atoms with E-state index in [4.69, 9.17) is 5.11 Å². The second kappa shape index (κ2) is 5.01. The van der Waals surface area contributed by atoms with Gasteiger partial charge >= 0.3 is 5.97 Å². The first-order valence-electron chi connectivity index (χ1n) is 6.78. The van der Waals surface area contributed by atoms with E-state index in [1.54, 1.807) is 23.3 Å². The fraction of sp³-hybridized carbons (Fsp3) is 0.500. The van der Waals surface area contributed by atoms with Gasteiger partial charge in [0.2, 0.25) is 0 Å². The van der Waals surface area contributed by atoms with E-state index in [9.17, 15) is 4.79 Å². The largest absolute Gasteiger partial charge is 0.480 e. The van der Waals surface area contributed by atoms with Crippen molar-refractivity contribution in [1.82, 2.24) is 9.97 Å². The highest BCUT2D eigenvalue weighted by molar-refractivity contribution is 7.19. The normalized spacial score (nSPS) is 14.3. The highest BCUT2D eigenvalue weighted by Crippen LogP contribution is 2.39. The number of aryl methyl sites for hydroxylation is 3. The number of thiophene rings is 1. The van der Waals surface area contributed by atoms with Gasteiger partial charge in [0.1, 0.15) is 23.0 Å².